The summed E-state index contributed by atoms with van der Waals surface area (Å²) in [5.74, 6) is 0. The van der Waals surface area contributed by atoms with Crippen molar-refractivity contribution in [2.75, 3.05) is 0 Å². The first-order valence-electron chi connectivity index (χ1n) is 9.17. The predicted octanol–water partition coefficient (Wildman–Crippen LogP) is 3.84. The van der Waals surface area contributed by atoms with Crippen LogP contribution in [-0.2, 0) is 19.2 Å². The van der Waals surface area contributed by atoms with Crippen LogP contribution in [0.1, 0.15) is 40.2 Å². The second-order valence-electron chi connectivity index (χ2n) is 8.87. The van der Waals surface area contributed by atoms with Gasteiger partial charge in [0.05, 0.1) is 11.0 Å². The molecule has 1 aromatic carbocycles. The molecule has 4 atom stereocenters. The molecule has 7 heteroatoms. The fraction of sp³-hybridized carbons (Fsp3) is 0.684. The monoisotopic (exact) mass is 399 g/mol. The van der Waals surface area contributed by atoms with Crippen molar-refractivity contribution >= 4 is 18.3 Å². The Balaban J connectivity index is 1.96. The van der Waals surface area contributed by atoms with Gasteiger partial charge in [-0.15, -0.1) is 0 Å². The molecule has 1 N–H and O–H groups in total. The molecule has 0 saturated carbocycles. The highest BCUT2D eigenvalue weighted by atomic mass is 32.2. The van der Waals surface area contributed by atoms with Crippen molar-refractivity contribution in [1.82, 2.24) is 4.72 Å². The van der Waals surface area contributed by atoms with Gasteiger partial charge in [-0.1, -0.05) is 38.5 Å². The second kappa shape index (κ2) is 7.35. The Bertz CT molecular complexity index is 725. The number of ether oxygens (including phenoxy) is 1. The Morgan fingerprint density at radius 1 is 1.12 bits per heavy atom. The van der Waals surface area contributed by atoms with Crippen LogP contribution in [0.2, 0.25) is 18.1 Å². The fourth-order valence-electron chi connectivity index (χ4n) is 2.72. The average molecular weight is 400 g/mol. The van der Waals surface area contributed by atoms with Crippen molar-refractivity contribution < 1.29 is 17.6 Å². The Hall–Kier alpha value is -0.733. The molecular formula is C19H33NO4SSi. The van der Waals surface area contributed by atoms with Crippen molar-refractivity contribution in [2.45, 2.75) is 88.9 Å². The maximum Gasteiger partial charge on any atom is 0.240 e. The number of rotatable bonds is 7. The van der Waals surface area contributed by atoms with Crippen LogP contribution in [0.5, 0.6) is 0 Å². The Morgan fingerprint density at radius 3 is 2.15 bits per heavy atom. The molecule has 148 valence electrons. The molecule has 1 fully saturated rings. The van der Waals surface area contributed by atoms with Crippen LogP contribution in [0.3, 0.4) is 0 Å². The third-order valence-electron chi connectivity index (χ3n) is 5.48. The normalized spacial score (nSPS) is 23.5. The largest absolute Gasteiger partial charge is 0.411 e. The summed E-state index contributed by atoms with van der Waals surface area (Å²) in [5, 5.41) is 0.129. The number of benzene rings is 1. The summed E-state index contributed by atoms with van der Waals surface area (Å²) in [5.41, 5.74) is 1.03. The minimum absolute atomic E-state index is 0.0489. The van der Waals surface area contributed by atoms with Crippen molar-refractivity contribution in [3.05, 3.63) is 29.8 Å². The fourth-order valence-corrected chi connectivity index (χ4v) is 5.39. The number of epoxide rings is 1. The zero-order valence-electron chi connectivity index (χ0n) is 17.2. The second-order valence-corrected chi connectivity index (χ2v) is 15.3. The zero-order valence-corrected chi connectivity index (χ0v) is 19.0. The quantitative estimate of drug-likeness (QED) is 0.559. The molecule has 5 nitrogen and oxygen atoms in total. The van der Waals surface area contributed by atoms with E-state index in [1.807, 2.05) is 20.8 Å². The van der Waals surface area contributed by atoms with Crippen molar-refractivity contribution in [1.29, 1.82) is 0 Å². The molecule has 2 rings (SSSR count). The van der Waals surface area contributed by atoms with E-state index in [4.69, 9.17) is 9.16 Å². The van der Waals surface area contributed by atoms with E-state index in [2.05, 4.69) is 38.6 Å². The first-order valence-corrected chi connectivity index (χ1v) is 13.6. The van der Waals surface area contributed by atoms with Gasteiger partial charge in [0, 0.05) is 6.04 Å². The highest BCUT2D eigenvalue weighted by molar-refractivity contribution is 7.89. The van der Waals surface area contributed by atoms with E-state index < -0.39 is 18.3 Å². The molecule has 0 aromatic heterocycles. The van der Waals surface area contributed by atoms with Gasteiger partial charge in [0.15, 0.2) is 8.32 Å². The van der Waals surface area contributed by atoms with E-state index in [1.165, 1.54) is 0 Å². The highest BCUT2D eigenvalue weighted by Gasteiger charge is 2.50. The summed E-state index contributed by atoms with van der Waals surface area (Å²) in [6, 6.07) is 6.53. The molecule has 1 heterocycles. The topological polar surface area (TPSA) is 67.9 Å². The number of hydrogen-bond acceptors (Lipinski definition) is 4. The van der Waals surface area contributed by atoms with Crippen molar-refractivity contribution in [2.24, 2.45) is 0 Å². The lowest BCUT2D eigenvalue weighted by Crippen LogP contribution is -2.45. The van der Waals surface area contributed by atoms with E-state index in [1.54, 1.807) is 24.3 Å². The van der Waals surface area contributed by atoms with Gasteiger partial charge < -0.3 is 9.16 Å². The summed E-state index contributed by atoms with van der Waals surface area (Å²) in [6.07, 6.45) is -0.276. The average Bonchev–Trinajstić information content (AvgIpc) is 3.26. The summed E-state index contributed by atoms with van der Waals surface area (Å²) >= 11 is 0. The molecule has 0 unspecified atom stereocenters. The molecular weight excluding hydrogens is 366 g/mol. The summed E-state index contributed by atoms with van der Waals surface area (Å²) in [6.45, 7) is 16.8. The number of nitrogens with one attached hydrogen (secondary N) is 1. The lowest BCUT2D eigenvalue weighted by molar-refractivity contribution is 0.158. The van der Waals surface area contributed by atoms with Gasteiger partial charge in [-0.05, 0) is 51.0 Å². The van der Waals surface area contributed by atoms with Gasteiger partial charge in [0.25, 0.3) is 0 Å². The number of aryl methyl sites for hydroxylation is 1. The maximum atomic E-state index is 12.5. The van der Waals surface area contributed by atoms with E-state index in [-0.39, 0.29) is 34.3 Å². The third kappa shape index (κ3) is 4.95. The molecule has 0 aliphatic carbocycles. The van der Waals surface area contributed by atoms with E-state index in [0.29, 0.717) is 0 Å². The van der Waals surface area contributed by atoms with Crippen LogP contribution in [0.25, 0.3) is 0 Å². The van der Waals surface area contributed by atoms with E-state index in [0.717, 1.165) is 5.56 Å². The first kappa shape index (κ1) is 21.6. The molecule has 0 spiro atoms. The molecule has 1 aromatic rings. The maximum absolute atomic E-state index is 12.5. The van der Waals surface area contributed by atoms with Crippen LogP contribution in [-0.4, -0.2) is 41.1 Å². The highest BCUT2D eigenvalue weighted by Crippen LogP contribution is 2.40. The summed E-state index contributed by atoms with van der Waals surface area (Å²) in [7, 11) is -5.43. The number of sulfonamides is 1. The zero-order chi connectivity index (χ0) is 19.9. The van der Waals surface area contributed by atoms with Gasteiger partial charge in [-0.2, -0.15) is 0 Å². The molecule has 1 aliphatic rings. The van der Waals surface area contributed by atoms with Gasteiger partial charge >= 0.3 is 0 Å². The summed E-state index contributed by atoms with van der Waals surface area (Å²) in [4.78, 5) is 0.276. The Labute approximate surface area is 159 Å². The van der Waals surface area contributed by atoms with Crippen molar-refractivity contribution in [3.8, 4) is 0 Å². The molecule has 1 aliphatic heterocycles. The molecule has 26 heavy (non-hydrogen) atoms. The predicted molar refractivity (Wildman–Crippen MR) is 107 cm³/mol. The summed E-state index contributed by atoms with van der Waals surface area (Å²) < 4.78 is 39.9. The third-order valence-corrected chi connectivity index (χ3v) is 11.6. The molecule has 0 bridgehead atoms. The minimum Gasteiger partial charge on any atom is -0.411 e. The molecule has 0 radical (unpaired) electrons. The lowest BCUT2D eigenvalue weighted by Gasteiger charge is -2.38. The minimum atomic E-state index is -3.55. The standard InChI is InChI=1S/C19H33NO4SSi/c1-13-9-11-16(12-10-13)25(21,22)20-14(2)17-18(23-17)15(3)24-26(7,8)19(4,5)6/h9-12,14-15,17-18,20H,1-8H3/t14-,15+,17+,18-/m1/s1. The van der Waals surface area contributed by atoms with Gasteiger partial charge in [0.1, 0.15) is 12.2 Å². The van der Waals surface area contributed by atoms with Crippen LogP contribution >= 0.6 is 0 Å². The van der Waals surface area contributed by atoms with E-state index >= 15 is 0 Å². The number of hydrogen-bond donors (Lipinski definition) is 1. The first-order chi connectivity index (χ1) is 11.7. The van der Waals surface area contributed by atoms with Crippen molar-refractivity contribution in [3.63, 3.8) is 0 Å². The molecule has 0 amide bonds. The van der Waals surface area contributed by atoms with Crippen LogP contribution in [0.15, 0.2) is 29.2 Å². The Kier molecular flexibility index (Phi) is 6.10. The van der Waals surface area contributed by atoms with Gasteiger partial charge in [0.2, 0.25) is 10.0 Å². The van der Waals surface area contributed by atoms with Crippen LogP contribution in [0.4, 0.5) is 0 Å². The van der Waals surface area contributed by atoms with Crippen LogP contribution in [0, 0.1) is 6.92 Å². The van der Waals surface area contributed by atoms with Gasteiger partial charge in [-0.25, -0.2) is 13.1 Å². The lowest BCUT2D eigenvalue weighted by atomic mass is 10.1. The SMILES string of the molecule is Cc1ccc(S(=O)(=O)N[C@H](C)[C@@H]2O[C@@H]2[C@H](C)O[Si](C)(C)C(C)(C)C)cc1. The van der Waals surface area contributed by atoms with E-state index in [9.17, 15) is 8.42 Å². The Morgan fingerprint density at radius 2 is 1.65 bits per heavy atom. The molecule has 1 saturated heterocycles. The van der Waals surface area contributed by atoms with Gasteiger partial charge in [-0.3, -0.25) is 0 Å². The van der Waals surface area contributed by atoms with Crippen LogP contribution < -0.4 is 4.72 Å². The smallest absolute Gasteiger partial charge is 0.240 e.